The van der Waals surface area contributed by atoms with Crippen LogP contribution in [0.1, 0.15) is 63.0 Å². The van der Waals surface area contributed by atoms with Gasteiger partial charge in [0.25, 0.3) is 0 Å². The molecule has 3 heteroatoms. The highest BCUT2D eigenvalue weighted by Crippen LogP contribution is 2.40. The van der Waals surface area contributed by atoms with Gasteiger partial charge < -0.3 is 5.11 Å². The Morgan fingerprint density at radius 3 is 2.42 bits per heavy atom. The second-order valence-electron chi connectivity index (χ2n) is 5.84. The van der Waals surface area contributed by atoms with Crippen LogP contribution in [0.2, 0.25) is 0 Å². The standard InChI is InChI=1S/C16H21FO2/c1-11(2)13-10-12(6-7-14(13)17)16(15(18)19)8-4-3-5-9-16/h6-7,10-11H,3-5,8-9H2,1-2H3,(H,18,19). The maximum Gasteiger partial charge on any atom is 0.314 e. The lowest BCUT2D eigenvalue weighted by Gasteiger charge is -2.34. The van der Waals surface area contributed by atoms with Gasteiger partial charge in [-0.05, 0) is 36.0 Å². The third-order valence-electron chi connectivity index (χ3n) is 4.29. The Morgan fingerprint density at radius 2 is 1.89 bits per heavy atom. The molecule has 19 heavy (non-hydrogen) atoms. The number of aliphatic carboxylic acids is 1. The van der Waals surface area contributed by atoms with Gasteiger partial charge in [0.1, 0.15) is 5.82 Å². The van der Waals surface area contributed by atoms with Crippen molar-refractivity contribution in [3.63, 3.8) is 0 Å². The summed E-state index contributed by atoms with van der Waals surface area (Å²) >= 11 is 0. The van der Waals surface area contributed by atoms with Gasteiger partial charge >= 0.3 is 5.97 Å². The number of halogens is 1. The van der Waals surface area contributed by atoms with Crippen LogP contribution in [-0.2, 0) is 10.2 Å². The molecule has 0 unspecified atom stereocenters. The zero-order valence-electron chi connectivity index (χ0n) is 11.6. The van der Waals surface area contributed by atoms with Crippen molar-refractivity contribution in [3.8, 4) is 0 Å². The van der Waals surface area contributed by atoms with E-state index >= 15 is 0 Å². The predicted molar refractivity (Wildman–Crippen MR) is 72.9 cm³/mol. The summed E-state index contributed by atoms with van der Waals surface area (Å²) in [6.45, 7) is 3.85. The smallest absolute Gasteiger partial charge is 0.314 e. The van der Waals surface area contributed by atoms with Gasteiger partial charge in [-0.2, -0.15) is 0 Å². The summed E-state index contributed by atoms with van der Waals surface area (Å²) in [5.74, 6) is -0.946. The largest absolute Gasteiger partial charge is 0.481 e. The molecular formula is C16H21FO2. The van der Waals surface area contributed by atoms with Crippen LogP contribution in [0.15, 0.2) is 18.2 Å². The maximum absolute atomic E-state index is 13.8. The van der Waals surface area contributed by atoms with E-state index in [2.05, 4.69) is 0 Å². The molecular weight excluding hydrogens is 243 g/mol. The number of hydrogen-bond donors (Lipinski definition) is 1. The molecule has 104 valence electrons. The summed E-state index contributed by atoms with van der Waals surface area (Å²) in [6.07, 6.45) is 4.27. The van der Waals surface area contributed by atoms with Gasteiger partial charge in [0.15, 0.2) is 0 Å². The minimum atomic E-state index is -0.810. The molecule has 1 aliphatic rings. The molecule has 1 saturated carbocycles. The van der Waals surface area contributed by atoms with Gasteiger partial charge in [-0.15, -0.1) is 0 Å². The molecule has 0 radical (unpaired) electrons. The van der Waals surface area contributed by atoms with Crippen molar-refractivity contribution in [2.45, 2.75) is 57.3 Å². The summed E-state index contributed by atoms with van der Waals surface area (Å²) in [6, 6.07) is 4.84. The summed E-state index contributed by atoms with van der Waals surface area (Å²) in [5, 5.41) is 9.65. The Bertz CT molecular complexity index is 474. The second-order valence-corrected chi connectivity index (χ2v) is 5.84. The van der Waals surface area contributed by atoms with Gasteiger partial charge in [0, 0.05) is 0 Å². The first kappa shape index (κ1) is 14.0. The van der Waals surface area contributed by atoms with Gasteiger partial charge in [0.2, 0.25) is 0 Å². The molecule has 2 rings (SSSR count). The van der Waals surface area contributed by atoms with Crippen LogP contribution >= 0.6 is 0 Å². The molecule has 0 aliphatic heterocycles. The Labute approximate surface area is 113 Å². The first-order valence-electron chi connectivity index (χ1n) is 7.01. The SMILES string of the molecule is CC(C)c1cc(C2(C(=O)O)CCCCC2)ccc1F. The molecule has 1 fully saturated rings. The lowest BCUT2D eigenvalue weighted by atomic mass is 9.69. The molecule has 0 aromatic heterocycles. The summed E-state index contributed by atoms with van der Waals surface area (Å²) < 4.78 is 13.8. The Kier molecular flexibility index (Phi) is 3.93. The Hall–Kier alpha value is -1.38. The van der Waals surface area contributed by atoms with Gasteiger partial charge in [-0.3, -0.25) is 4.79 Å². The number of carbonyl (C=O) groups is 1. The zero-order chi connectivity index (χ0) is 14.0. The van der Waals surface area contributed by atoms with Crippen molar-refractivity contribution in [3.05, 3.63) is 35.1 Å². The Morgan fingerprint density at radius 1 is 1.26 bits per heavy atom. The van der Waals surface area contributed by atoms with E-state index in [1.807, 2.05) is 13.8 Å². The molecule has 0 bridgehead atoms. The van der Waals surface area contributed by atoms with Crippen LogP contribution in [0.4, 0.5) is 4.39 Å². The van der Waals surface area contributed by atoms with Crippen LogP contribution < -0.4 is 0 Å². The number of rotatable bonds is 3. The summed E-state index contributed by atoms with van der Waals surface area (Å²) in [7, 11) is 0. The van der Waals surface area contributed by atoms with Crippen LogP contribution in [-0.4, -0.2) is 11.1 Å². The summed E-state index contributed by atoms with van der Waals surface area (Å²) in [4.78, 5) is 11.7. The lowest BCUT2D eigenvalue weighted by molar-refractivity contribution is -0.145. The van der Waals surface area contributed by atoms with E-state index in [9.17, 15) is 14.3 Å². The van der Waals surface area contributed by atoms with Crippen LogP contribution in [0, 0.1) is 5.82 Å². The molecule has 1 aromatic carbocycles. The molecule has 0 heterocycles. The van der Waals surface area contributed by atoms with Gasteiger partial charge in [0.05, 0.1) is 5.41 Å². The van der Waals surface area contributed by atoms with Crippen molar-refractivity contribution in [2.24, 2.45) is 0 Å². The molecule has 1 aliphatic carbocycles. The molecule has 0 saturated heterocycles. The van der Waals surface area contributed by atoms with Crippen LogP contribution in [0.5, 0.6) is 0 Å². The molecule has 1 N–H and O–H groups in total. The van der Waals surface area contributed by atoms with Crippen LogP contribution in [0.25, 0.3) is 0 Å². The van der Waals surface area contributed by atoms with E-state index in [0.29, 0.717) is 18.4 Å². The van der Waals surface area contributed by atoms with E-state index in [4.69, 9.17) is 0 Å². The lowest BCUT2D eigenvalue weighted by Crippen LogP contribution is -2.38. The topological polar surface area (TPSA) is 37.3 Å². The Balaban J connectivity index is 2.48. The van der Waals surface area contributed by atoms with Gasteiger partial charge in [-0.25, -0.2) is 4.39 Å². The number of hydrogen-bond acceptors (Lipinski definition) is 1. The third-order valence-corrected chi connectivity index (χ3v) is 4.29. The fourth-order valence-corrected chi connectivity index (χ4v) is 3.07. The highest BCUT2D eigenvalue weighted by molar-refractivity contribution is 5.81. The van der Waals surface area contributed by atoms with Crippen molar-refractivity contribution in [1.82, 2.24) is 0 Å². The van der Waals surface area contributed by atoms with Crippen molar-refractivity contribution in [2.75, 3.05) is 0 Å². The predicted octanol–water partition coefficient (Wildman–Crippen LogP) is 4.24. The molecule has 1 aromatic rings. The van der Waals surface area contributed by atoms with Crippen LogP contribution in [0.3, 0.4) is 0 Å². The molecule has 0 spiro atoms. The number of carboxylic acids is 1. The van der Waals surface area contributed by atoms with Gasteiger partial charge in [-0.1, -0.05) is 45.2 Å². The van der Waals surface area contributed by atoms with Crippen molar-refractivity contribution >= 4 is 5.97 Å². The second kappa shape index (κ2) is 5.32. The van der Waals surface area contributed by atoms with E-state index in [1.54, 1.807) is 12.1 Å². The highest BCUT2D eigenvalue weighted by atomic mass is 19.1. The average Bonchev–Trinajstić information content (AvgIpc) is 2.39. The van der Waals surface area contributed by atoms with Crippen molar-refractivity contribution in [1.29, 1.82) is 0 Å². The minimum absolute atomic E-state index is 0.0642. The molecule has 0 atom stereocenters. The monoisotopic (exact) mass is 264 g/mol. The number of carboxylic acid groups (broad SMARTS) is 1. The van der Waals surface area contributed by atoms with E-state index in [-0.39, 0.29) is 11.7 Å². The zero-order valence-corrected chi connectivity index (χ0v) is 11.6. The fraction of sp³-hybridized carbons (Fsp3) is 0.562. The van der Waals surface area contributed by atoms with E-state index < -0.39 is 11.4 Å². The highest BCUT2D eigenvalue weighted by Gasteiger charge is 2.41. The first-order chi connectivity index (χ1) is 8.97. The maximum atomic E-state index is 13.8. The number of benzene rings is 1. The normalized spacial score (nSPS) is 18.5. The first-order valence-corrected chi connectivity index (χ1v) is 7.01. The quantitative estimate of drug-likeness (QED) is 0.886. The van der Waals surface area contributed by atoms with E-state index in [1.165, 1.54) is 6.07 Å². The third kappa shape index (κ3) is 2.51. The molecule has 0 amide bonds. The average molecular weight is 264 g/mol. The summed E-state index contributed by atoms with van der Waals surface area (Å²) in [5.41, 5.74) is 0.573. The van der Waals surface area contributed by atoms with Crippen molar-refractivity contribution < 1.29 is 14.3 Å². The molecule has 2 nitrogen and oxygen atoms in total. The fourth-order valence-electron chi connectivity index (χ4n) is 3.07. The van der Waals surface area contributed by atoms with E-state index in [0.717, 1.165) is 24.8 Å². The minimum Gasteiger partial charge on any atom is -0.481 e.